The summed E-state index contributed by atoms with van der Waals surface area (Å²) >= 11 is 14.2. The highest BCUT2D eigenvalue weighted by molar-refractivity contribution is 7.10. The van der Waals surface area contributed by atoms with Crippen molar-refractivity contribution in [2.24, 2.45) is 5.92 Å². The van der Waals surface area contributed by atoms with Crippen LogP contribution >= 0.6 is 34.5 Å². The van der Waals surface area contributed by atoms with Crippen LogP contribution in [0.4, 0.5) is 5.69 Å². The van der Waals surface area contributed by atoms with E-state index < -0.39 is 0 Å². The van der Waals surface area contributed by atoms with Crippen molar-refractivity contribution in [1.29, 1.82) is 0 Å². The molecule has 0 saturated carbocycles. The third-order valence-electron chi connectivity index (χ3n) is 5.13. The summed E-state index contributed by atoms with van der Waals surface area (Å²) in [6, 6.07) is 8.88. The van der Waals surface area contributed by atoms with Gasteiger partial charge < -0.3 is 11.1 Å². The fraction of sp³-hybridized carbons (Fsp3) is 0.474. The van der Waals surface area contributed by atoms with Crippen LogP contribution in [0, 0.1) is 5.92 Å². The first kappa shape index (κ1) is 19.0. The van der Waals surface area contributed by atoms with Crippen molar-refractivity contribution in [1.82, 2.24) is 10.2 Å². The average Bonchev–Trinajstić information content (AvgIpc) is 3.11. The number of thiophene rings is 1. The summed E-state index contributed by atoms with van der Waals surface area (Å²) in [4.78, 5) is 3.95. The molecular formula is C19H25Cl2N3S. The number of hydrogen-bond acceptors (Lipinski definition) is 4. The monoisotopic (exact) mass is 397 g/mol. The van der Waals surface area contributed by atoms with Crippen LogP contribution in [0.2, 0.25) is 10.0 Å². The number of nitrogens with two attached hydrogens (primary N) is 1. The van der Waals surface area contributed by atoms with Crippen molar-refractivity contribution in [3.63, 3.8) is 0 Å². The maximum atomic E-state index is 6.18. The van der Waals surface area contributed by atoms with Gasteiger partial charge in [0.15, 0.2) is 0 Å². The van der Waals surface area contributed by atoms with Gasteiger partial charge >= 0.3 is 0 Å². The molecule has 3 nitrogen and oxygen atoms in total. The molecule has 2 aromatic rings. The number of piperidine rings is 1. The summed E-state index contributed by atoms with van der Waals surface area (Å²) in [6.07, 6.45) is 2.49. The molecule has 1 saturated heterocycles. The number of halogens is 2. The van der Waals surface area contributed by atoms with Crippen molar-refractivity contribution >= 4 is 40.2 Å². The Labute approximate surface area is 164 Å². The number of rotatable bonds is 5. The Bertz CT molecular complexity index is 682. The van der Waals surface area contributed by atoms with E-state index in [1.165, 1.54) is 17.7 Å². The van der Waals surface area contributed by atoms with Gasteiger partial charge in [-0.1, -0.05) is 29.3 Å². The van der Waals surface area contributed by atoms with Crippen LogP contribution in [0.3, 0.4) is 0 Å². The van der Waals surface area contributed by atoms with Gasteiger partial charge in [-0.3, -0.25) is 4.90 Å². The second-order valence-corrected chi connectivity index (χ2v) is 8.67. The van der Waals surface area contributed by atoms with Crippen molar-refractivity contribution in [2.45, 2.75) is 31.8 Å². The van der Waals surface area contributed by atoms with Gasteiger partial charge in [0, 0.05) is 23.5 Å². The predicted molar refractivity (Wildman–Crippen MR) is 110 cm³/mol. The molecule has 1 fully saturated rings. The van der Waals surface area contributed by atoms with Gasteiger partial charge in [-0.05, 0) is 68.4 Å². The number of hydrogen-bond donors (Lipinski definition) is 2. The molecule has 0 unspecified atom stereocenters. The van der Waals surface area contributed by atoms with Crippen LogP contribution in [0.5, 0.6) is 0 Å². The highest BCUT2D eigenvalue weighted by Gasteiger charge is 2.31. The molecule has 3 N–H and O–H groups in total. The summed E-state index contributed by atoms with van der Waals surface area (Å²) in [5.41, 5.74) is 7.36. The molecule has 136 valence electrons. The van der Waals surface area contributed by atoms with E-state index in [-0.39, 0.29) is 6.04 Å². The zero-order valence-electron chi connectivity index (χ0n) is 14.6. The first-order valence-corrected chi connectivity index (χ1v) is 10.3. The van der Waals surface area contributed by atoms with Crippen LogP contribution in [-0.2, 0) is 0 Å². The molecule has 0 aliphatic carbocycles. The summed E-state index contributed by atoms with van der Waals surface area (Å²) in [5, 5.41) is 6.88. The Hall–Kier alpha value is -0.780. The highest BCUT2D eigenvalue weighted by Crippen LogP contribution is 2.37. The quantitative estimate of drug-likeness (QED) is 0.666. The molecule has 6 heteroatoms. The molecule has 2 heterocycles. The van der Waals surface area contributed by atoms with E-state index in [0.717, 1.165) is 18.7 Å². The lowest BCUT2D eigenvalue weighted by Gasteiger charge is -2.39. The minimum Gasteiger partial charge on any atom is -0.396 e. The second-order valence-electron chi connectivity index (χ2n) is 6.87. The topological polar surface area (TPSA) is 41.3 Å². The first-order chi connectivity index (χ1) is 12.0. The number of anilines is 1. The van der Waals surface area contributed by atoms with E-state index in [2.05, 4.69) is 41.7 Å². The van der Waals surface area contributed by atoms with Gasteiger partial charge in [0.1, 0.15) is 0 Å². The fourth-order valence-corrected chi connectivity index (χ4v) is 5.17. The maximum absolute atomic E-state index is 6.18. The maximum Gasteiger partial charge on any atom is 0.0693 e. The number of likely N-dealkylation sites (tertiary alicyclic amines) is 1. The Morgan fingerprint density at radius 2 is 2.08 bits per heavy atom. The molecule has 0 radical (unpaired) electrons. The van der Waals surface area contributed by atoms with E-state index in [1.807, 2.05) is 23.5 Å². The smallest absolute Gasteiger partial charge is 0.0693 e. The van der Waals surface area contributed by atoms with Gasteiger partial charge in [0.05, 0.1) is 15.7 Å². The van der Waals surface area contributed by atoms with Gasteiger partial charge in [-0.15, -0.1) is 11.3 Å². The standard InChI is InChI=1S/C19H25Cl2N3S/c1-12(14-9-15(20)18(22)16(21)10-14)23-11-13-5-3-7-24(2)19(13)17-6-4-8-25-17/h4,6,8-10,12-13,19,23H,3,5,7,11,22H2,1-2H3/t12-,13-,19+/m0/s1. The van der Waals surface area contributed by atoms with Crippen molar-refractivity contribution in [3.8, 4) is 0 Å². The first-order valence-electron chi connectivity index (χ1n) is 8.68. The number of benzene rings is 1. The van der Waals surface area contributed by atoms with Gasteiger partial charge in [0.2, 0.25) is 0 Å². The molecule has 1 aromatic heterocycles. The molecule has 1 aliphatic rings. The van der Waals surface area contributed by atoms with Crippen LogP contribution in [0.1, 0.15) is 42.3 Å². The van der Waals surface area contributed by atoms with E-state index in [1.54, 1.807) is 0 Å². The van der Waals surface area contributed by atoms with Gasteiger partial charge in [0.25, 0.3) is 0 Å². The van der Waals surface area contributed by atoms with Gasteiger partial charge in [-0.25, -0.2) is 0 Å². The van der Waals surface area contributed by atoms with Crippen molar-refractivity contribution in [3.05, 3.63) is 50.1 Å². The van der Waals surface area contributed by atoms with E-state index in [9.17, 15) is 0 Å². The molecular weight excluding hydrogens is 373 g/mol. The molecule has 1 aliphatic heterocycles. The average molecular weight is 398 g/mol. The zero-order valence-corrected chi connectivity index (χ0v) is 17.0. The third kappa shape index (κ3) is 4.32. The summed E-state index contributed by atoms with van der Waals surface area (Å²) < 4.78 is 0. The number of nitrogens with one attached hydrogen (secondary N) is 1. The number of nitrogen functional groups attached to an aromatic ring is 1. The SMILES string of the molecule is C[C@H](NC[C@@H]1CCCN(C)[C@H]1c1cccs1)c1cc(Cl)c(N)c(Cl)c1. The molecule has 1 aromatic carbocycles. The third-order valence-corrected chi connectivity index (χ3v) is 6.70. The Balaban J connectivity index is 1.69. The summed E-state index contributed by atoms with van der Waals surface area (Å²) in [5.74, 6) is 0.597. The van der Waals surface area contributed by atoms with Crippen molar-refractivity contribution < 1.29 is 0 Å². The highest BCUT2D eigenvalue weighted by atomic mass is 35.5. The lowest BCUT2D eigenvalue weighted by atomic mass is 9.88. The molecule has 0 spiro atoms. The number of nitrogens with zero attached hydrogens (tertiary/aromatic N) is 1. The molecule has 0 bridgehead atoms. The Kier molecular flexibility index (Phi) is 6.29. The zero-order chi connectivity index (χ0) is 18.0. The van der Waals surface area contributed by atoms with Crippen LogP contribution in [-0.4, -0.2) is 25.0 Å². The minimum atomic E-state index is 0.173. The van der Waals surface area contributed by atoms with Crippen molar-refractivity contribution in [2.75, 3.05) is 25.9 Å². The van der Waals surface area contributed by atoms with Crippen LogP contribution in [0.25, 0.3) is 0 Å². The molecule has 3 rings (SSSR count). The summed E-state index contributed by atoms with van der Waals surface area (Å²) in [7, 11) is 2.24. The van der Waals surface area contributed by atoms with E-state index in [4.69, 9.17) is 28.9 Å². The predicted octanol–water partition coefficient (Wildman–Crippen LogP) is 5.37. The van der Waals surface area contributed by atoms with Crippen LogP contribution in [0.15, 0.2) is 29.6 Å². The Morgan fingerprint density at radius 1 is 1.36 bits per heavy atom. The van der Waals surface area contributed by atoms with E-state index >= 15 is 0 Å². The summed E-state index contributed by atoms with van der Waals surface area (Å²) in [6.45, 7) is 4.27. The fourth-order valence-electron chi connectivity index (χ4n) is 3.68. The molecule has 25 heavy (non-hydrogen) atoms. The van der Waals surface area contributed by atoms with Crippen LogP contribution < -0.4 is 11.1 Å². The normalized spacial score (nSPS) is 22.9. The van der Waals surface area contributed by atoms with E-state index in [0.29, 0.717) is 27.7 Å². The minimum absolute atomic E-state index is 0.173. The molecule has 0 amide bonds. The lowest BCUT2D eigenvalue weighted by Crippen LogP contribution is -2.40. The molecule has 3 atom stereocenters. The second kappa shape index (κ2) is 8.28. The Morgan fingerprint density at radius 3 is 2.72 bits per heavy atom. The largest absolute Gasteiger partial charge is 0.396 e. The lowest BCUT2D eigenvalue weighted by molar-refractivity contribution is 0.120. The van der Waals surface area contributed by atoms with Gasteiger partial charge in [-0.2, -0.15) is 0 Å².